The zero-order valence-corrected chi connectivity index (χ0v) is 16.1. The Labute approximate surface area is 167 Å². The molecule has 0 unspecified atom stereocenters. The van der Waals surface area contributed by atoms with Crippen LogP contribution in [0.5, 0.6) is 0 Å². The fourth-order valence-electron chi connectivity index (χ4n) is 3.28. The molecule has 4 rings (SSSR count). The third-order valence-electron chi connectivity index (χ3n) is 4.48. The Morgan fingerprint density at radius 3 is 2.67 bits per heavy atom. The molecule has 0 aliphatic heterocycles. The van der Waals surface area contributed by atoms with E-state index in [4.69, 9.17) is 28.2 Å². The normalized spacial score (nSPS) is 11.0. The topological polar surface area (TPSA) is 53.1 Å². The van der Waals surface area contributed by atoms with E-state index >= 15 is 0 Å². The van der Waals surface area contributed by atoms with Gasteiger partial charge in [-0.25, -0.2) is 4.98 Å². The second-order valence-corrected chi connectivity index (χ2v) is 7.12. The lowest BCUT2D eigenvalue weighted by atomic mass is 10.1. The molecule has 0 atom stereocenters. The summed E-state index contributed by atoms with van der Waals surface area (Å²) < 4.78 is 1.98. The van der Waals surface area contributed by atoms with Gasteiger partial charge in [-0.3, -0.25) is 4.40 Å². The largest absolute Gasteiger partial charge is 0.341 e. The van der Waals surface area contributed by atoms with Crippen molar-refractivity contribution in [3.8, 4) is 6.07 Å². The standard InChI is InChI=1S/C21H16Cl2N4/c1-2-5-13-10-20(25-14-8-9-16(22)17(23)11-14)27-19-7-4-3-6-18(19)26-21(27)15(13)12-24/h3-4,6-11,25H,2,5H2,1H3. The molecule has 0 aliphatic rings. The summed E-state index contributed by atoms with van der Waals surface area (Å²) in [6.45, 7) is 2.10. The van der Waals surface area contributed by atoms with E-state index in [0.29, 0.717) is 21.3 Å². The number of aromatic nitrogens is 2. The van der Waals surface area contributed by atoms with E-state index in [1.54, 1.807) is 12.1 Å². The second-order valence-electron chi connectivity index (χ2n) is 6.31. The summed E-state index contributed by atoms with van der Waals surface area (Å²) in [5.41, 5.74) is 4.86. The SMILES string of the molecule is CCCc1cc(Nc2ccc(Cl)c(Cl)c2)n2c(nc3ccccc32)c1C#N. The van der Waals surface area contributed by atoms with Gasteiger partial charge in [-0.05, 0) is 48.4 Å². The van der Waals surface area contributed by atoms with Crippen LogP contribution in [0.3, 0.4) is 0 Å². The molecule has 4 aromatic rings. The van der Waals surface area contributed by atoms with Gasteiger partial charge in [-0.15, -0.1) is 0 Å². The molecule has 0 aliphatic carbocycles. The average molecular weight is 395 g/mol. The van der Waals surface area contributed by atoms with Gasteiger partial charge in [0.2, 0.25) is 0 Å². The predicted molar refractivity (Wildman–Crippen MR) is 111 cm³/mol. The number of aryl methyl sites for hydroxylation is 1. The molecule has 1 N–H and O–H groups in total. The second kappa shape index (κ2) is 7.11. The summed E-state index contributed by atoms with van der Waals surface area (Å²) in [4.78, 5) is 4.72. The van der Waals surface area contributed by atoms with Crippen molar-refractivity contribution in [1.82, 2.24) is 9.38 Å². The summed E-state index contributed by atoms with van der Waals surface area (Å²) in [5.74, 6) is 0.833. The van der Waals surface area contributed by atoms with Gasteiger partial charge in [0.05, 0.1) is 26.6 Å². The molecule has 2 aromatic heterocycles. The number of benzene rings is 2. The minimum Gasteiger partial charge on any atom is -0.341 e. The highest BCUT2D eigenvalue weighted by molar-refractivity contribution is 6.42. The Morgan fingerprint density at radius 2 is 1.93 bits per heavy atom. The first-order valence-corrected chi connectivity index (χ1v) is 9.43. The van der Waals surface area contributed by atoms with E-state index in [-0.39, 0.29) is 0 Å². The van der Waals surface area contributed by atoms with E-state index in [1.807, 2.05) is 40.8 Å². The number of hydrogen-bond donors (Lipinski definition) is 1. The number of nitriles is 1. The number of halogens is 2. The quantitative estimate of drug-likeness (QED) is 0.437. The smallest absolute Gasteiger partial charge is 0.157 e. The zero-order chi connectivity index (χ0) is 19.0. The van der Waals surface area contributed by atoms with Crippen molar-refractivity contribution in [3.63, 3.8) is 0 Å². The van der Waals surface area contributed by atoms with Gasteiger partial charge in [0.15, 0.2) is 5.65 Å². The highest BCUT2D eigenvalue weighted by Crippen LogP contribution is 2.31. The number of anilines is 2. The molecule has 0 radical (unpaired) electrons. The molecule has 6 heteroatoms. The minimum absolute atomic E-state index is 0.482. The van der Waals surface area contributed by atoms with Crippen LogP contribution < -0.4 is 5.32 Å². The number of hydrogen-bond acceptors (Lipinski definition) is 3. The molecule has 2 aromatic carbocycles. The first-order chi connectivity index (χ1) is 13.1. The summed E-state index contributed by atoms with van der Waals surface area (Å²) in [7, 11) is 0. The van der Waals surface area contributed by atoms with E-state index < -0.39 is 0 Å². The van der Waals surface area contributed by atoms with Crippen molar-refractivity contribution in [1.29, 1.82) is 5.26 Å². The van der Waals surface area contributed by atoms with Crippen LogP contribution in [0.4, 0.5) is 11.5 Å². The van der Waals surface area contributed by atoms with Gasteiger partial charge in [0.25, 0.3) is 0 Å². The molecule has 2 heterocycles. The molecule has 0 saturated carbocycles. The van der Waals surface area contributed by atoms with Gasteiger partial charge in [0, 0.05) is 5.69 Å². The predicted octanol–water partition coefficient (Wildman–Crippen LogP) is 6.36. The monoisotopic (exact) mass is 394 g/mol. The Kier molecular flexibility index (Phi) is 4.65. The van der Waals surface area contributed by atoms with Crippen molar-refractivity contribution < 1.29 is 0 Å². The third-order valence-corrected chi connectivity index (χ3v) is 5.22. The van der Waals surface area contributed by atoms with Gasteiger partial charge < -0.3 is 5.32 Å². The molecular formula is C21H16Cl2N4. The van der Waals surface area contributed by atoms with Crippen LogP contribution >= 0.6 is 23.2 Å². The van der Waals surface area contributed by atoms with Gasteiger partial charge in [0.1, 0.15) is 11.9 Å². The van der Waals surface area contributed by atoms with E-state index in [2.05, 4.69) is 18.3 Å². The molecule has 4 nitrogen and oxygen atoms in total. The number of fused-ring (bicyclic) bond motifs is 3. The van der Waals surface area contributed by atoms with Gasteiger partial charge in [-0.1, -0.05) is 48.7 Å². The number of pyridine rings is 1. The average Bonchev–Trinajstić information content (AvgIpc) is 3.05. The van der Waals surface area contributed by atoms with Crippen LogP contribution in [0.15, 0.2) is 48.5 Å². The molecule has 0 amide bonds. The lowest BCUT2D eigenvalue weighted by Gasteiger charge is -2.14. The van der Waals surface area contributed by atoms with Crippen LogP contribution in [-0.4, -0.2) is 9.38 Å². The summed E-state index contributed by atoms with van der Waals surface area (Å²) in [6.07, 6.45) is 1.75. The Hall–Kier alpha value is -2.74. The van der Waals surface area contributed by atoms with E-state index in [0.717, 1.165) is 40.9 Å². The molecule has 0 fully saturated rings. The summed E-state index contributed by atoms with van der Waals surface area (Å²) >= 11 is 12.2. The molecule has 0 bridgehead atoms. The highest BCUT2D eigenvalue weighted by Gasteiger charge is 2.16. The first-order valence-electron chi connectivity index (χ1n) is 8.67. The third kappa shape index (κ3) is 3.10. The lowest BCUT2D eigenvalue weighted by molar-refractivity contribution is 0.915. The summed E-state index contributed by atoms with van der Waals surface area (Å²) in [6, 6.07) is 17.6. The summed E-state index contributed by atoms with van der Waals surface area (Å²) in [5, 5.41) is 14.2. The lowest BCUT2D eigenvalue weighted by Crippen LogP contribution is -2.03. The van der Waals surface area contributed by atoms with Gasteiger partial charge >= 0.3 is 0 Å². The number of imidazole rings is 1. The number of rotatable bonds is 4. The van der Waals surface area contributed by atoms with Crippen LogP contribution in [-0.2, 0) is 6.42 Å². The number of nitrogens with one attached hydrogen (secondary N) is 1. The van der Waals surface area contributed by atoms with Crippen LogP contribution in [0.2, 0.25) is 10.0 Å². The van der Waals surface area contributed by atoms with E-state index in [1.165, 1.54) is 0 Å². The van der Waals surface area contributed by atoms with Crippen LogP contribution in [0, 0.1) is 11.3 Å². The van der Waals surface area contributed by atoms with E-state index in [9.17, 15) is 5.26 Å². The van der Waals surface area contributed by atoms with Crippen molar-refractivity contribution in [2.75, 3.05) is 5.32 Å². The fraction of sp³-hybridized carbons (Fsp3) is 0.143. The Morgan fingerprint density at radius 1 is 1.11 bits per heavy atom. The maximum atomic E-state index is 9.76. The molecular weight excluding hydrogens is 379 g/mol. The maximum Gasteiger partial charge on any atom is 0.157 e. The number of nitrogens with zero attached hydrogens (tertiary/aromatic N) is 3. The highest BCUT2D eigenvalue weighted by atomic mass is 35.5. The molecule has 134 valence electrons. The molecule has 0 saturated heterocycles. The molecule has 27 heavy (non-hydrogen) atoms. The van der Waals surface area contributed by atoms with Crippen molar-refractivity contribution in [2.24, 2.45) is 0 Å². The van der Waals surface area contributed by atoms with Crippen LogP contribution in [0.25, 0.3) is 16.7 Å². The molecule has 0 spiro atoms. The zero-order valence-electron chi connectivity index (χ0n) is 14.6. The van der Waals surface area contributed by atoms with Crippen molar-refractivity contribution in [3.05, 3.63) is 69.7 Å². The Bertz CT molecular complexity index is 1200. The fourth-order valence-corrected chi connectivity index (χ4v) is 3.58. The minimum atomic E-state index is 0.482. The first kappa shape index (κ1) is 17.7. The van der Waals surface area contributed by atoms with Gasteiger partial charge in [-0.2, -0.15) is 5.26 Å². The van der Waals surface area contributed by atoms with Crippen LogP contribution in [0.1, 0.15) is 24.5 Å². The van der Waals surface area contributed by atoms with Crippen molar-refractivity contribution >= 4 is 51.4 Å². The number of para-hydroxylation sites is 2. The van der Waals surface area contributed by atoms with Crippen molar-refractivity contribution in [2.45, 2.75) is 19.8 Å². The maximum absolute atomic E-state index is 9.76. The Balaban J connectivity index is 2.00.